The first-order valence-electron chi connectivity index (χ1n) is 6.20. The van der Waals surface area contributed by atoms with Gasteiger partial charge in [0.1, 0.15) is 5.75 Å². The number of halogens is 2. The SMILES string of the molecule is Cl.NC(C(=O)Nc1cc(Br)ccc1O)C1CCOCC1. The van der Waals surface area contributed by atoms with Crippen molar-refractivity contribution >= 4 is 39.9 Å². The summed E-state index contributed by atoms with van der Waals surface area (Å²) in [6.45, 7) is 1.29. The van der Waals surface area contributed by atoms with Crippen LogP contribution in [0.4, 0.5) is 5.69 Å². The molecule has 112 valence electrons. The van der Waals surface area contributed by atoms with E-state index in [-0.39, 0.29) is 30.0 Å². The average Bonchev–Trinajstić information content (AvgIpc) is 2.43. The standard InChI is InChI=1S/C13H17BrN2O3.ClH/c14-9-1-2-11(17)10(7-9)16-13(18)12(15)8-3-5-19-6-4-8;/h1-2,7-8,12,17H,3-6,15H2,(H,16,18);1H. The van der Waals surface area contributed by atoms with E-state index in [9.17, 15) is 9.90 Å². The minimum absolute atomic E-state index is 0. The molecule has 5 nitrogen and oxygen atoms in total. The number of benzene rings is 1. The molecule has 1 amide bonds. The number of phenols is 1. The summed E-state index contributed by atoms with van der Waals surface area (Å²) in [5.41, 5.74) is 6.33. The number of amides is 1. The monoisotopic (exact) mass is 364 g/mol. The van der Waals surface area contributed by atoms with E-state index < -0.39 is 6.04 Å². The summed E-state index contributed by atoms with van der Waals surface area (Å²) in [4.78, 5) is 12.1. The van der Waals surface area contributed by atoms with E-state index >= 15 is 0 Å². The molecule has 0 saturated carbocycles. The Morgan fingerprint density at radius 2 is 2.10 bits per heavy atom. The Bertz CT molecular complexity index is 467. The van der Waals surface area contributed by atoms with Gasteiger partial charge in [-0.15, -0.1) is 12.4 Å². The number of anilines is 1. The van der Waals surface area contributed by atoms with Crippen LogP contribution < -0.4 is 11.1 Å². The molecule has 1 heterocycles. The number of phenolic OH excluding ortho intramolecular Hbond substituents is 1. The number of aromatic hydroxyl groups is 1. The molecular weight excluding hydrogens is 348 g/mol. The third-order valence-electron chi connectivity index (χ3n) is 3.29. The highest BCUT2D eigenvalue weighted by atomic mass is 79.9. The van der Waals surface area contributed by atoms with Gasteiger partial charge in [-0.3, -0.25) is 4.79 Å². The summed E-state index contributed by atoms with van der Waals surface area (Å²) >= 11 is 3.29. The number of ether oxygens (including phenoxy) is 1. The van der Waals surface area contributed by atoms with Crippen LogP contribution in [0.2, 0.25) is 0 Å². The fraction of sp³-hybridized carbons (Fsp3) is 0.462. The Hall–Kier alpha value is -0.820. The lowest BCUT2D eigenvalue weighted by molar-refractivity contribution is -0.119. The van der Waals surface area contributed by atoms with E-state index in [0.717, 1.165) is 17.3 Å². The largest absolute Gasteiger partial charge is 0.506 e. The maximum Gasteiger partial charge on any atom is 0.241 e. The number of hydrogen-bond acceptors (Lipinski definition) is 4. The van der Waals surface area contributed by atoms with Gasteiger partial charge in [-0.1, -0.05) is 15.9 Å². The Balaban J connectivity index is 0.00000200. The zero-order valence-corrected chi connectivity index (χ0v) is 13.2. The van der Waals surface area contributed by atoms with Crippen molar-refractivity contribution in [2.24, 2.45) is 11.7 Å². The lowest BCUT2D eigenvalue weighted by Crippen LogP contribution is -2.44. The van der Waals surface area contributed by atoms with Gasteiger partial charge >= 0.3 is 0 Å². The minimum Gasteiger partial charge on any atom is -0.506 e. The molecule has 1 aliphatic rings. The van der Waals surface area contributed by atoms with Crippen LogP contribution in [0.15, 0.2) is 22.7 Å². The molecule has 2 rings (SSSR count). The molecule has 20 heavy (non-hydrogen) atoms. The topological polar surface area (TPSA) is 84.6 Å². The quantitative estimate of drug-likeness (QED) is 0.717. The van der Waals surface area contributed by atoms with Crippen LogP contribution >= 0.6 is 28.3 Å². The summed E-state index contributed by atoms with van der Waals surface area (Å²) in [5.74, 6) is -0.126. The second kappa shape index (κ2) is 7.83. The number of nitrogens with one attached hydrogen (secondary N) is 1. The molecule has 0 aliphatic carbocycles. The summed E-state index contributed by atoms with van der Waals surface area (Å²) in [7, 11) is 0. The highest BCUT2D eigenvalue weighted by Crippen LogP contribution is 2.27. The van der Waals surface area contributed by atoms with E-state index in [1.165, 1.54) is 6.07 Å². The van der Waals surface area contributed by atoms with Gasteiger partial charge in [0.25, 0.3) is 0 Å². The first-order chi connectivity index (χ1) is 9.08. The van der Waals surface area contributed by atoms with Crippen molar-refractivity contribution < 1.29 is 14.6 Å². The molecule has 1 atom stereocenters. The molecule has 4 N–H and O–H groups in total. The van der Waals surface area contributed by atoms with Crippen LogP contribution in [-0.2, 0) is 9.53 Å². The number of carbonyl (C=O) groups excluding carboxylic acids is 1. The van der Waals surface area contributed by atoms with Crippen LogP contribution in [0.5, 0.6) is 5.75 Å². The molecule has 7 heteroatoms. The second-order valence-corrected chi connectivity index (χ2v) is 5.54. The van der Waals surface area contributed by atoms with Crippen molar-refractivity contribution in [3.8, 4) is 5.75 Å². The van der Waals surface area contributed by atoms with E-state index in [1.807, 2.05) is 0 Å². The van der Waals surface area contributed by atoms with Crippen molar-refractivity contribution in [1.82, 2.24) is 0 Å². The van der Waals surface area contributed by atoms with Crippen LogP contribution in [0.3, 0.4) is 0 Å². The fourth-order valence-electron chi connectivity index (χ4n) is 2.11. The van der Waals surface area contributed by atoms with Crippen molar-refractivity contribution in [2.45, 2.75) is 18.9 Å². The van der Waals surface area contributed by atoms with E-state index in [1.54, 1.807) is 12.1 Å². The molecule has 0 radical (unpaired) electrons. The molecule has 0 aromatic heterocycles. The lowest BCUT2D eigenvalue weighted by Gasteiger charge is -2.26. The Kier molecular flexibility index (Phi) is 6.75. The molecular formula is C13H18BrClN2O3. The molecule has 1 aliphatic heterocycles. The summed E-state index contributed by atoms with van der Waals surface area (Å²) in [5, 5.41) is 12.3. The molecule has 0 spiro atoms. The normalized spacial score (nSPS) is 17.1. The van der Waals surface area contributed by atoms with Gasteiger partial charge in [0.2, 0.25) is 5.91 Å². The van der Waals surface area contributed by atoms with Gasteiger partial charge in [-0.05, 0) is 37.0 Å². The van der Waals surface area contributed by atoms with Gasteiger partial charge in [0, 0.05) is 17.7 Å². The Labute approximate surface area is 132 Å². The zero-order chi connectivity index (χ0) is 13.8. The molecule has 1 saturated heterocycles. The fourth-order valence-corrected chi connectivity index (χ4v) is 2.47. The minimum atomic E-state index is -0.581. The van der Waals surface area contributed by atoms with Crippen molar-refractivity contribution in [3.05, 3.63) is 22.7 Å². The molecule has 1 aromatic rings. The number of nitrogens with two attached hydrogens (primary N) is 1. The van der Waals surface area contributed by atoms with E-state index in [2.05, 4.69) is 21.2 Å². The predicted octanol–water partition coefficient (Wildman–Crippen LogP) is 2.27. The highest BCUT2D eigenvalue weighted by molar-refractivity contribution is 9.10. The zero-order valence-electron chi connectivity index (χ0n) is 10.8. The van der Waals surface area contributed by atoms with Gasteiger partial charge in [0.05, 0.1) is 11.7 Å². The van der Waals surface area contributed by atoms with Gasteiger partial charge in [-0.25, -0.2) is 0 Å². The smallest absolute Gasteiger partial charge is 0.241 e. The maximum absolute atomic E-state index is 12.1. The highest BCUT2D eigenvalue weighted by Gasteiger charge is 2.26. The predicted molar refractivity (Wildman–Crippen MR) is 83.2 cm³/mol. The third kappa shape index (κ3) is 4.34. The number of carbonyl (C=O) groups is 1. The maximum atomic E-state index is 12.1. The number of hydrogen-bond donors (Lipinski definition) is 3. The molecule has 1 aromatic carbocycles. The summed E-state index contributed by atoms with van der Waals surface area (Å²) < 4.78 is 6.03. The van der Waals surface area contributed by atoms with Crippen molar-refractivity contribution in [3.63, 3.8) is 0 Å². The molecule has 0 bridgehead atoms. The van der Waals surface area contributed by atoms with Gasteiger partial charge < -0.3 is 20.9 Å². The Morgan fingerprint density at radius 1 is 1.45 bits per heavy atom. The Morgan fingerprint density at radius 3 is 2.75 bits per heavy atom. The van der Waals surface area contributed by atoms with Crippen molar-refractivity contribution in [1.29, 1.82) is 0 Å². The van der Waals surface area contributed by atoms with Crippen molar-refractivity contribution in [2.75, 3.05) is 18.5 Å². The van der Waals surface area contributed by atoms with Crippen LogP contribution in [-0.4, -0.2) is 30.3 Å². The number of rotatable bonds is 3. The van der Waals surface area contributed by atoms with E-state index in [4.69, 9.17) is 10.5 Å². The van der Waals surface area contributed by atoms with Crippen LogP contribution in [0.25, 0.3) is 0 Å². The third-order valence-corrected chi connectivity index (χ3v) is 3.79. The van der Waals surface area contributed by atoms with Gasteiger partial charge in [0.15, 0.2) is 0 Å². The average molecular weight is 366 g/mol. The molecule has 1 fully saturated rings. The van der Waals surface area contributed by atoms with Gasteiger partial charge in [-0.2, -0.15) is 0 Å². The van der Waals surface area contributed by atoms with Crippen LogP contribution in [0.1, 0.15) is 12.8 Å². The lowest BCUT2D eigenvalue weighted by atomic mass is 9.92. The van der Waals surface area contributed by atoms with E-state index in [0.29, 0.717) is 18.9 Å². The molecule has 1 unspecified atom stereocenters. The first kappa shape index (κ1) is 17.2. The second-order valence-electron chi connectivity index (χ2n) is 4.63. The summed E-state index contributed by atoms with van der Waals surface area (Å²) in [6.07, 6.45) is 1.58. The van der Waals surface area contributed by atoms with Crippen LogP contribution in [0, 0.1) is 5.92 Å². The first-order valence-corrected chi connectivity index (χ1v) is 7.00. The summed E-state index contributed by atoms with van der Waals surface area (Å²) in [6, 6.07) is 4.27.